The molecule has 2 aliphatic heterocycles. The van der Waals surface area contributed by atoms with Crippen molar-refractivity contribution in [3.05, 3.63) is 57.2 Å². The smallest absolute Gasteiger partial charge is 0.287 e. The number of likely N-dealkylation sites (tertiary alicyclic amines) is 1. The van der Waals surface area contributed by atoms with E-state index in [9.17, 15) is 9.18 Å². The number of aromatic nitrogens is 2. The molecule has 2 N–H and O–H groups in total. The van der Waals surface area contributed by atoms with Gasteiger partial charge in [-0.3, -0.25) is 4.79 Å². The summed E-state index contributed by atoms with van der Waals surface area (Å²) in [6.07, 6.45) is 8.66. The van der Waals surface area contributed by atoms with Gasteiger partial charge in [-0.2, -0.15) is 5.10 Å². The average Bonchev–Trinajstić information content (AvgIpc) is 3.36. The molecule has 1 unspecified atom stereocenters. The quantitative estimate of drug-likeness (QED) is 0.517. The maximum absolute atomic E-state index is 13.6. The van der Waals surface area contributed by atoms with Gasteiger partial charge in [-0.05, 0) is 88.1 Å². The molecule has 0 radical (unpaired) electrons. The zero-order valence-corrected chi connectivity index (χ0v) is 22.4. The normalized spacial score (nSPS) is 27.8. The van der Waals surface area contributed by atoms with E-state index in [1.165, 1.54) is 0 Å². The summed E-state index contributed by atoms with van der Waals surface area (Å²) >= 11 is 6.49. The van der Waals surface area contributed by atoms with Crippen LogP contribution in [0.5, 0.6) is 0 Å². The Morgan fingerprint density at radius 1 is 1.16 bits per heavy atom. The average molecular weight is 532 g/mol. The van der Waals surface area contributed by atoms with Gasteiger partial charge in [0.25, 0.3) is 5.56 Å². The van der Waals surface area contributed by atoms with E-state index < -0.39 is 0 Å². The molecule has 3 aliphatic rings. The van der Waals surface area contributed by atoms with E-state index in [1.54, 1.807) is 23.0 Å². The number of anilines is 1. The van der Waals surface area contributed by atoms with Gasteiger partial charge in [0.2, 0.25) is 0 Å². The van der Waals surface area contributed by atoms with Gasteiger partial charge in [0.1, 0.15) is 10.8 Å². The van der Waals surface area contributed by atoms with Crippen LogP contribution in [-0.4, -0.2) is 60.6 Å². The molecule has 1 saturated carbocycles. The van der Waals surface area contributed by atoms with Gasteiger partial charge < -0.3 is 20.3 Å². The van der Waals surface area contributed by atoms with Crippen molar-refractivity contribution in [2.45, 2.75) is 63.1 Å². The second-order valence-electron chi connectivity index (χ2n) is 11.1. The van der Waals surface area contributed by atoms with E-state index in [2.05, 4.69) is 27.7 Å². The van der Waals surface area contributed by atoms with Crippen molar-refractivity contribution in [3.63, 3.8) is 0 Å². The third kappa shape index (κ3) is 6.53. The molecule has 3 fully saturated rings. The molecule has 2 saturated heterocycles. The minimum absolute atomic E-state index is 0.0470. The Bertz CT molecular complexity index is 1080. The van der Waals surface area contributed by atoms with E-state index in [0.29, 0.717) is 23.6 Å². The summed E-state index contributed by atoms with van der Waals surface area (Å²) in [6, 6.07) is 7.54. The standard InChI is InChI=1S/C28H39ClFN5O2/c1-34-13-12-21(17-34)27(20-4-6-22(30)7-5-20)33-23-8-10-24(11-9-23)35-28(36)26(29)25(16-32-35)31-15-19-3-2-14-37-18-19/h4-7,16,19,21,23-24,27,31,33H,2-3,8-15,17-18H2,1H3/t19?,21-,23?,24?,27+/m0/s1. The fourth-order valence-corrected chi connectivity index (χ4v) is 6.41. The van der Waals surface area contributed by atoms with Crippen molar-refractivity contribution in [3.8, 4) is 0 Å². The SMILES string of the molecule is CN1CC[C@H]([C@H](NC2CCC(n3ncc(NCC4CCCOC4)c(Cl)c3=O)CC2)c2ccc(F)cc2)C1. The van der Waals surface area contributed by atoms with Crippen LogP contribution in [0.2, 0.25) is 5.02 Å². The third-order valence-electron chi connectivity index (χ3n) is 8.37. The van der Waals surface area contributed by atoms with E-state index in [1.807, 2.05) is 12.1 Å². The third-order valence-corrected chi connectivity index (χ3v) is 8.73. The maximum Gasteiger partial charge on any atom is 0.287 e. The summed E-state index contributed by atoms with van der Waals surface area (Å²) in [5, 5.41) is 11.9. The van der Waals surface area contributed by atoms with Crippen LogP contribution in [-0.2, 0) is 4.74 Å². The second kappa shape index (κ2) is 12.2. The number of nitrogens with zero attached hydrogens (tertiary/aromatic N) is 3. The highest BCUT2D eigenvalue weighted by atomic mass is 35.5. The van der Waals surface area contributed by atoms with Crippen LogP contribution in [0, 0.1) is 17.7 Å². The van der Waals surface area contributed by atoms with Crippen molar-refractivity contribution in [2.24, 2.45) is 11.8 Å². The highest BCUT2D eigenvalue weighted by Gasteiger charge is 2.32. The van der Waals surface area contributed by atoms with Gasteiger partial charge in [0.15, 0.2) is 0 Å². The zero-order valence-electron chi connectivity index (χ0n) is 21.7. The highest BCUT2D eigenvalue weighted by Crippen LogP contribution is 2.34. The lowest BCUT2D eigenvalue weighted by Crippen LogP contribution is -2.41. The first kappa shape index (κ1) is 26.6. The summed E-state index contributed by atoms with van der Waals surface area (Å²) in [7, 11) is 2.16. The monoisotopic (exact) mass is 531 g/mol. The molecule has 0 bridgehead atoms. The molecule has 1 aromatic carbocycles. The van der Waals surface area contributed by atoms with Crippen molar-refractivity contribution in [1.82, 2.24) is 20.0 Å². The van der Waals surface area contributed by atoms with Crippen LogP contribution in [0.25, 0.3) is 0 Å². The summed E-state index contributed by atoms with van der Waals surface area (Å²) in [4.78, 5) is 15.4. The van der Waals surface area contributed by atoms with Crippen LogP contribution in [0.15, 0.2) is 35.3 Å². The van der Waals surface area contributed by atoms with Crippen LogP contribution >= 0.6 is 11.6 Å². The zero-order chi connectivity index (χ0) is 25.8. The van der Waals surface area contributed by atoms with E-state index in [4.69, 9.17) is 16.3 Å². The molecule has 1 aromatic heterocycles. The van der Waals surface area contributed by atoms with Crippen LogP contribution in [0.1, 0.15) is 62.6 Å². The molecule has 0 spiro atoms. The fourth-order valence-electron chi connectivity index (χ4n) is 6.21. The number of nitrogens with one attached hydrogen (secondary N) is 2. The summed E-state index contributed by atoms with van der Waals surface area (Å²) in [5.74, 6) is 0.724. The van der Waals surface area contributed by atoms with E-state index in [-0.39, 0.29) is 28.5 Å². The molecule has 202 valence electrons. The second-order valence-corrected chi connectivity index (χ2v) is 11.5. The van der Waals surface area contributed by atoms with E-state index in [0.717, 1.165) is 83.4 Å². The first-order chi connectivity index (χ1) is 18.0. The lowest BCUT2D eigenvalue weighted by Gasteiger charge is -2.35. The molecule has 9 heteroatoms. The van der Waals surface area contributed by atoms with Crippen molar-refractivity contribution < 1.29 is 9.13 Å². The molecule has 5 rings (SSSR count). The molecule has 7 nitrogen and oxygen atoms in total. The summed E-state index contributed by atoms with van der Waals surface area (Å²) in [5.41, 5.74) is 1.53. The van der Waals surface area contributed by atoms with Crippen molar-refractivity contribution >= 4 is 17.3 Å². The van der Waals surface area contributed by atoms with Gasteiger partial charge in [0, 0.05) is 31.8 Å². The van der Waals surface area contributed by atoms with Gasteiger partial charge >= 0.3 is 0 Å². The van der Waals surface area contributed by atoms with Crippen LogP contribution in [0.3, 0.4) is 0 Å². The van der Waals surface area contributed by atoms with Crippen molar-refractivity contribution in [1.29, 1.82) is 0 Å². The van der Waals surface area contributed by atoms with Gasteiger partial charge in [0.05, 0.1) is 24.5 Å². The Morgan fingerprint density at radius 3 is 2.62 bits per heavy atom. The predicted octanol–water partition coefficient (Wildman–Crippen LogP) is 4.64. The summed E-state index contributed by atoms with van der Waals surface area (Å²) < 4.78 is 20.7. The Kier molecular flexibility index (Phi) is 8.80. The minimum Gasteiger partial charge on any atom is -0.382 e. The first-order valence-electron chi connectivity index (χ1n) is 13.8. The van der Waals surface area contributed by atoms with E-state index >= 15 is 0 Å². The molecular weight excluding hydrogens is 493 g/mol. The predicted molar refractivity (Wildman–Crippen MR) is 145 cm³/mol. The minimum atomic E-state index is -0.221. The van der Waals surface area contributed by atoms with Crippen LogP contribution in [0.4, 0.5) is 10.1 Å². The maximum atomic E-state index is 13.6. The number of ether oxygens (including phenoxy) is 1. The topological polar surface area (TPSA) is 71.4 Å². The van der Waals surface area contributed by atoms with Gasteiger partial charge in [-0.15, -0.1) is 0 Å². The molecule has 3 atom stereocenters. The number of hydrogen-bond donors (Lipinski definition) is 2. The Morgan fingerprint density at radius 2 is 1.95 bits per heavy atom. The Hall–Kier alpha value is -2.00. The number of rotatable bonds is 8. The molecule has 3 heterocycles. The Labute approximate surface area is 223 Å². The first-order valence-corrected chi connectivity index (χ1v) is 14.1. The lowest BCUT2D eigenvalue weighted by molar-refractivity contribution is 0.0595. The lowest BCUT2D eigenvalue weighted by atomic mass is 9.87. The molecule has 2 aromatic rings. The molecule has 37 heavy (non-hydrogen) atoms. The Balaban J connectivity index is 1.20. The van der Waals surface area contributed by atoms with Gasteiger partial charge in [-0.25, -0.2) is 9.07 Å². The summed E-state index contributed by atoms with van der Waals surface area (Å²) in [6.45, 7) is 4.43. The molecule has 1 aliphatic carbocycles. The van der Waals surface area contributed by atoms with Crippen LogP contribution < -0.4 is 16.2 Å². The van der Waals surface area contributed by atoms with Gasteiger partial charge in [-0.1, -0.05) is 23.7 Å². The highest BCUT2D eigenvalue weighted by molar-refractivity contribution is 6.32. The fraction of sp³-hybridized carbons (Fsp3) is 0.643. The number of hydrogen-bond acceptors (Lipinski definition) is 6. The molecular formula is C28H39ClFN5O2. The van der Waals surface area contributed by atoms with Crippen molar-refractivity contribution in [2.75, 3.05) is 45.2 Å². The number of benzene rings is 1. The largest absolute Gasteiger partial charge is 0.382 e. The number of halogens is 2. The molecule has 0 amide bonds.